The first-order valence-corrected chi connectivity index (χ1v) is 6.52. The van der Waals surface area contributed by atoms with Crippen LogP contribution < -0.4 is 10.6 Å². The van der Waals surface area contributed by atoms with Crippen molar-refractivity contribution in [3.8, 4) is 0 Å². The van der Waals surface area contributed by atoms with Crippen LogP contribution in [0.2, 0.25) is 5.02 Å². The number of carbonyl (C=O) groups is 2. The molecule has 1 atom stereocenters. The van der Waals surface area contributed by atoms with Crippen molar-refractivity contribution in [2.75, 3.05) is 25.0 Å². The van der Waals surface area contributed by atoms with Crippen LogP contribution in [0.3, 0.4) is 0 Å². The largest absolute Gasteiger partial charge is 0.331 e. The maximum atomic E-state index is 11.9. The number of carbonyl (C=O) groups excluding carboxylic acids is 2. The Labute approximate surface area is 116 Å². The van der Waals surface area contributed by atoms with E-state index < -0.39 is 0 Å². The summed E-state index contributed by atoms with van der Waals surface area (Å²) < 4.78 is 0. The quantitative estimate of drug-likeness (QED) is 0.872. The first-order chi connectivity index (χ1) is 9.08. The number of nitrogens with zero attached hydrogens (tertiary/aromatic N) is 1. The monoisotopic (exact) mass is 281 g/mol. The lowest BCUT2D eigenvalue weighted by molar-refractivity contribution is -0.138. The van der Waals surface area contributed by atoms with Crippen LogP contribution in [0.4, 0.5) is 5.69 Å². The summed E-state index contributed by atoms with van der Waals surface area (Å²) in [5.74, 6) is -0.295. The standard InChI is InChI=1S/C13H16ClN3O2/c1-9-13(19)17(7-6-15-9)8-12(18)16-11-5-3-2-4-10(11)14/h2-5,9,15H,6-8H2,1H3,(H,16,18). The van der Waals surface area contributed by atoms with Crippen molar-refractivity contribution < 1.29 is 9.59 Å². The van der Waals surface area contributed by atoms with Gasteiger partial charge in [-0.05, 0) is 19.1 Å². The lowest BCUT2D eigenvalue weighted by atomic mass is 10.2. The van der Waals surface area contributed by atoms with Gasteiger partial charge in [0.1, 0.15) is 0 Å². The molecular formula is C13H16ClN3O2. The Morgan fingerprint density at radius 1 is 1.53 bits per heavy atom. The normalized spacial score (nSPS) is 19.4. The Morgan fingerprint density at radius 3 is 3.00 bits per heavy atom. The molecule has 2 rings (SSSR count). The second-order valence-electron chi connectivity index (χ2n) is 4.46. The zero-order valence-electron chi connectivity index (χ0n) is 10.6. The molecule has 0 bridgehead atoms. The van der Waals surface area contributed by atoms with Crippen molar-refractivity contribution in [2.45, 2.75) is 13.0 Å². The maximum Gasteiger partial charge on any atom is 0.244 e. The van der Waals surface area contributed by atoms with E-state index in [0.717, 1.165) is 0 Å². The highest BCUT2D eigenvalue weighted by Gasteiger charge is 2.26. The van der Waals surface area contributed by atoms with Crippen molar-refractivity contribution in [1.29, 1.82) is 0 Å². The molecule has 1 heterocycles. The number of piperazine rings is 1. The number of anilines is 1. The number of benzene rings is 1. The van der Waals surface area contributed by atoms with Crippen LogP contribution in [-0.4, -0.2) is 42.4 Å². The summed E-state index contributed by atoms with van der Waals surface area (Å²) in [6.45, 7) is 3.09. The average Bonchev–Trinajstić information content (AvgIpc) is 2.38. The SMILES string of the molecule is CC1NCCN(CC(=O)Nc2ccccc2Cl)C1=O. The lowest BCUT2D eigenvalue weighted by Crippen LogP contribution is -2.55. The van der Waals surface area contributed by atoms with Gasteiger partial charge in [-0.3, -0.25) is 9.59 Å². The molecule has 1 aliphatic heterocycles. The highest BCUT2D eigenvalue weighted by atomic mass is 35.5. The number of rotatable bonds is 3. The topological polar surface area (TPSA) is 61.4 Å². The van der Waals surface area contributed by atoms with Gasteiger partial charge >= 0.3 is 0 Å². The number of hydrogen-bond donors (Lipinski definition) is 2. The molecule has 1 fully saturated rings. The van der Waals surface area contributed by atoms with Gasteiger partial charge in [-0.1, -0.05) is 23.7 Å². The minimum Gasteiger partial charge on any atom is -0.331 e. The number of hydrogen-bond acceptors (Lipinski definition) is 3. The fourth-order valence-electron chi connectivity index (χ4n) is 1.97. The predicted octanol–water partition coefficient (Wildman–Crippen LogP) is 1.10. The second-order valence-corrected chi connectivity index (χ2v) is 4.87. The molecule has 1 aliphatic rings. The lowest BCUT2D eigenvalue weighted by Gasteiger charge is -2.30. The van der Waals surface area contributed by atoms with E-state index in [-0.39, 0.29) is 24.4 Å². The molecule has 2 amide bonds. The summed E-state index contributed by atoms with van der Waals surface area (Å²) in [5, 5.41) is 6.24. The van der Waals surface area contributed by atoms with Crippen LogP contribution in [0.25, 0.3) is 0 Å². The number of para-hydroxylation sites is 1. The Balaban J connectivity index is 1.94. The van der Waals surface area contributed by atoms with E-state index in [4.69, 9.17) is 11.6 Å². The van der Waals surface area contributed by atoms with Crippen molar-refractivity contribution in [3.05, 3.63) is 29.3 Å². The molecule has 0 spiro atoms. The molecule has 0 saturated carbocycles. The van der Waals surface area contributed by atoms with Gasteiger partial charge in [0.15, 0.2) is 0 Å². The van der Waals surface area contributed by atoms with E-state index in [0.29, 0.717) is 23.8 Å². The molecule has 1 unspecified atom stereocenters. The van der Waals surface area contributed by atoms with E-state index in [1.165, 1.54) is 0 Å². The van der Waals surface area contributed by atoms with Crippen molar-refractivity contribution in [2.24, 2.45) is 0 Å². The molecule has 102 valence electrons. The summed E-state index contributed by atoms with van der Waals surface area (Å²) in [5.41, 5.74) is 0.560. The van der Waals surface area contributed by atoms with Crippen LogP contribution in [-0.2, 0) is 9.59 Å². The van der Waals surface area contributed by atoms with Gasteiger partial charge in [0, 0.05) is 13.1 Å². The maximum absolute atomic E-state index is 11.9. The number of halogens is 1. The number of amides is 2. The molecule has 1 saturated heterocycles. The first kappa shape index (κ1) is 13.8. The van der Waals surface area contributed by atoms with E-state index in [2.05, 4.69) is 10.6 Å². The van der Waals surface area contributed by atoms with Crippen LogP contribution in [0.5, 0.6) is 0 Å². The number of nitrogens with one attached hydrogen (secondary N) is 2. The van der Waals surface area contributed by atoms with Gasteiger partial charge < -0.3 is 15.5 Å². The Hall–Kier alpha value is -1.59. The molecule has 5 nitrogen and oxygen atoms in total. The van der Waals surface area contributed by atoms with E-state index >= 15 is 0 Å². The van der Waals surface area contributed by atoms with E-state index in [1.54, 1.807) is 36.1 Å². The minimum absolute atomic E-state index is 0.0517. The summed E-state index contributed by atoms with van der Waals surface area (Å²) in [7, 11) is 0. The van der Waals surface area contributed by atoms with Crippen LogP contribution in [0.15, 0.2) is 24.3 Å². The second kappa shape index (κ2) is 6.04. The van der Waals surface area contributed by atoms with E-state index in [9.17, 15) is 9.59 Å². The van der Waals surface area contributed by atoms with Gasteiger partial charge in [0.05, 0.1) is 23.3 Å². The van der Waals surface area contributed by atoms with Crippen molar-refractivity contribution in [1.82, 2.24) is 10.2 Å². The molecule has 1 aromatic carbocycles. The van der Waals surface area contributed by atoms with Crippen LogP contribution >= 0.6 is 11.6 Å². The van der Waals surface area contributed by atoms with Gasteiger partial charge in [0.25, 0.3) is 0 Å². The van der Waals surface area contributed by atoms with Crippen LogP contribution in [0, 0.1) is 0 Å². The highest BCUT2D eigenvalue weighted by Crippen LogP contribution is 2.20. The minimum atomic E-state index is -0.240. The third-order valence-electron chi connectivity index (χ3n) is 3.00. The third kappa shape index (κ3) is 3.45. The Morgan fingerprint density at radius 2 is 2.26 bits per heavy atom. The van der Waals surface area contributed by atoms with Crippen molar-refractivity contribution in [3.63, 3.8) is 0 Å². The molecule has 2 N–H and O–H groups in total. The zero-order valence-corrected chi connectivity index (χ0v) is 11.4. The summed E-state index contributed by atoms with van der Waals surface area (Å²) in [6, 6.07) is 6.78. The molecule has 0 aliphatic carbocycles. The molecule has 0 radical (unpaired) electrons. The van der Waals surface area contributed by atoms with E-state index in [1.807, 2.05) is 0 Å². The smallest absolute Gasteiger partial charge is 0.244 e. The Bertz CT molecular complexity index is 493. The van der Waals surface area contributed by atoms with Gasteiger partial charge in [-0.2, -0.15) is 0 Å². The molecule has 0 aromatic heterocycles. The summed E-state index contributed by atoms with van der Waals surface area (Å²) >= 11 is 5.96. The molecule has 19 heavy (non-hydrogen) atoms. The van der Waals surface area contributed by atoms with Gasteiger partial charge in [-0.25, -0.2) is 0 Å². The van der Waals surface area contributed by atoms with Crippen LogP contribution in [0.1, 0.15) is 6.92 Å². The predicted molar refractivity (Wildman–Crippen MR) is 74.1 cm³/mol. The first-order valence-electron chi connectivity index (χ1n) is 6.14. The average molecular weight is 282 g/mol. The van der Waals surface area contributed by atoms with Gasteiger partial charge in [0.2, 0.25) is 11.8 Å². The fraction of sp³-hybridized carbons (Fsp3) is 0.385. The molecule has 1 aromatic rings. The Kier molecular flexibility index (Phi) is 4.39. The molecule has 6 heteroatoms. The van der Waals surface area contributed by atoms with Gasteiger partial charge in [-0.15, -0.1) is 0 Å². The fourth-order valence-corrected chi connectivity index (χ4v) is 2.15. The van der Waals surface area contributed by atoms with Crippen molar-refractivity contribution >= 4 is 29.1 Å². The highest BCUT2D eigenvalue weighted by molar-refractivity contribution is 6.33. The third-order valence-corrected chi connectivity index (χ3v) is 3.33. The molecular weight excluding hydrogens is 266 g/mol. The zero-order chi connectivity index (χ0) is 13.8. The summed E-state index contributed by atoms with van der Waals surface area (Å²) in [4.78, 5) is 25.3. The summed E-state index contributed by atoms with van der Waals surface area (Å²) in [6.07, 6.45) is 0.